The van der Waals surface area contributed by atoms with Gasteiger partial charge >= 0.3 is 0 Å². The summed E-state index contributed by atoms with van der Waals surface area (Å²) in [6, 6.07) is 18.6. The molecular formula is C21H13ClN4O2S. The van der Waals surface area contributed by atoms with E-state index < -0.39 is 5.91 Å². The van der Waals surface area contributed by atoms with Crippen LogP contribution in [-0.4, -0.2) is 26.9 Å². The Balaban J connectivity index is 1.58. The first-order valence-electron chi connectivity index (χ1n) is 8.57. The standard InChI is InChI=1S/C21H13ClN4O2S/c22-14-10-8-13(9-11-14)18(27)15-5-1-2-6-16(15)19(28)24-21-26-25-20(29-21)17-7-3-4-12-23-17/h1-12H,(H,24,26,28). The molecule has 0 atom stereocenters. The number of nitrogens with one attached hydrogen (secondary N) is 1. The Kier molecular flexibility index (Phi) is 5.41. The number of carbonyl (C=O) groups excluding carboxylic acids is 2. The maximum absolute atomic E-state index is 12.9. The second kappa shape index (κ2) is 8.30. The molecule has 8 heteroatoms. The molecule has 2 heterocycles. The highest BCUT2D eigenvalue weighted by molar-refractivity contribution is 7.18. The molecule has 1 N–H and O–H groups in total. The average Bonchev–Trinajstić information content (AvgIpc) is 3.23. The van der Waals surface area contributed by atoms with E-state index in [1.807, 2.05) is 18.2 Å². The Hall–Kier alpha value is -3.42. The van der Waals surface area contributed by atoms with Crippen LogP contribution in [0, 0.1) is 0 Å². The SMILES string of the molecule is O=C(Nc1nnc(-c2ccccn2)s1)c1ccccc1C(=O)c1ccc(Cl)cc1. The van der Waals surface area contributed by atoms with Crippen LogP contribution in [-0.2, 0) is 0 Å². The van der Waals surface area contributed by atoms with Crippen molar-refractivity contribution in [3.8, 4) is 10.7 Å². The number of hydrogen-bond donors (Lipinski definition) is 1. The summed E-state index contributed by atoms with van der Waals surface area (Å²) in [4.78, 5) is 29.9. The minimum Gasteiger partial charge on any atom is -0.296 e. The van der Waals surface area contributed by atoms with Crippen molar-refractivity contribution < 1.29 is 9.59 Å². The summed E-state index contributed by atoms with van der Waals surface area (Å²) in [6.07, 6.45) is 1.66. The molecule has 2 aromatic heterocycles. The molecule has 0 bridgehead atoms. The molecule has 0 saturated carbocycles. The number of ketones is 1. The van der Waals surface area contributed by atoms with Gasteiger partial charge < -0.3 is 0 Å². The third-order valence-electron chi connectivity index (χ3n) is 4.05. The van der Waals surface area contributed by atoms with E-state index in [4.69, 9.17) is 11.6 Å². The van der Waals surface area contributed by atoms with Gasteiger partial charge in [-0.1, -0.05) is 47.2 Å². The summed E-state index contributed by atoms with van der Waals surface area (Å²) in [5.74, 6) is -0.703. The van der Waals surface area contributed by atoms with Gasteiger partial charge in [-0.2, -0.15) is 0 Å². The Morgan fingerprint density at radius 2 is 1.59 bits per heavy atom. The number of nitrogens with zero attached hydrogens (tertiary/aromatic N) is 3. The van der Waals surface area contributed by atoms with Crippen LogP contribution in [0.4, 0.5) is 5.13 Å². The van der Waals surface area contributed by atoms with Crippen LogP contribution in [0.15, 0.2) is 72.9 Å². The number of halogens is 1. The number of pyridine rings is 1. The van der Waals surface area contributed by atoms with Crippen LogP contribution in [0.5, 0.6) is 0 Å². The van der Waals surface area contributed by atoms with E-state index in [0.717, 1.165) is 0 Å². The normalized spacial score (nSPS) is 10.5. The van der Waals surface area contributed by atoms with Gasteiger partial charge in [0.1, 0.15) is 5.69 Å². The molecule has 0 aliphatic rings. The Bertz CT molecular complexity index is 1180. The highest BCUT2D eigenvalue weighted by atomic mass is 35.5. The van der Waals surface area contributed by atoms with Gasteiger partial charge in [-0.25, -0.2) is 0 Å². The molecular weight excluding hydrogens is 408 g/mol. The molecule has 4 rings (SSSR count). The summed E-state index contributed by atoms with van der Waals surface area (Å²) in [5, 5.41) is 12.2. The van der Waals surface area contributed by atoms with Crippen LogP contribution in [0.1, 0.15) is 26.3 Å². The fourth-order valence-electron chi connectivity index (χ4n) is 2.67. The predicted molar refractivity (Wildman–Crippen MR) is 112 cm³/mol. The van der Waals surface area contributed by atoms with Gasteiger partial charge in [0.05, 0.1) is 5.56 Å². The van der Waals surface area contributed by atoms with Crippen molar-refractivity contribution in [2.75, 3.05) is 5.32 Å². The lowest BCUT2D eigenvalue weighted by molar-refractivity contribution is 0.0996. The number of rotatable bonds is 5. The predicted octanol–water partition coefficient (Wildman–Crippen LogP) is 4.74. The topological polar surface area (TPSA) is 84.8 Å². The number of benzene rings is 2. The highest BCUT2D eigenvalue weighted by Crippen LogP contribution is 2.25. The minimum absolute atomic E-state index is 0.252. The largest absolute Gasteiger partial charge is 0.296 e. The summed E-state index contributed by atoms with van der Waals surface area (Å²) in [7, 11) is 0. The number of hydrogen-bond acceptors (Lipinski definition) is 6. The second-order valence-corrected chi connectivity index (χ2v) is 7.38. The maximum Gasteiger partial charge on any atom is 0.258 e. The third kappa shape index (κ3) is 4.21. The molecule has 29 heavy (non-hydrogen) atoms. The molecule has 142 valence electrons. The number of carbonyl (C=O) groups is 2. The molecule has 6 nitrogen and oxygen atoms in total. The first-order chi connectivity index (χ1) is 14.1. The van der Waals surface area contributed by atoms with Crippen molar-refractivity contribution in [1.29, 1.82) is 0 Å². The van der Waals surface area contributed by atoms with E-state index >= 15 is 0 Å². The second-order valence-electron chi connectivity index (χ2n) is 5.96. The van der Waals surface area contributed by atoms with Gasteiger partial charge in [-0.05, 0) is 42.5 Å². The molecule has 0 unspecified atom stereocenters. The van der Waals surface area contributed by atoms with Crippen LogP contribution >= 0.6 is 22.9 Å². The van der Waals surface area contributed by atoms with Crippen LogP contribution in [0.2, 0.25) is 5.02 Å². The molecule has 0 aliphatic carbocycles. The smallest absolute Gasteiger partial charge is 0.258 e. The zero-order chi connectivity index (χ0) is 20.2. The molecule has 0 saturated heterocycles. The Morgan fingerprint density at radius 1 is 0.862 bits per heavy atom. The van der Waals surface area contributed by atoms with Crippen LogP contribution in [0.25, 0.3) is 10.7 Å². The van der Waals surface area contributed by atoms with E-state index in [1.165, 1.54) is 11.3 Å². The monoisotopic (exact) mass is 420 g/mol. The average molecular weight is 421 g/mol. The van der Waals surface area contributed by atoms with Crippen LogP contribution in [0.3, 0.4) is 0 Å². The number of amides is 1. The van der Waals surface area contributed by atoms with Crippen molar-refractivity contribution in [3.63, 3.8) is 0 Å². The van der Waals surface area contributed by atoms with E-state index in [9.17, 15) is 9.59 Å². The minimum atomic E-state index is -0.438. The summed E-state index contributed by atoms with van der Waals surface area (Å²) in [6.45, 7) is 0. The Labute approximate surface area is 175 Å². The van der Waals surface area contributed by atoms with Gasteiger partial charge in [0, 0.05) is 22.3 Å². The highest BCUT2D eigenvalue weighted by Gasteiger charge is 2.19. The van der Waals surface area contributed by atoms with Gasteiger partial charge in [0.2, 0.25) is 5.13 Å². The van der Waals surface area contributed by atoms with E-state index in [-0.39, 0.29) is 11.3 Å². The van der Waals surface area contributed by atoms with Gasteiger partial charge in [0.25, 0.3) is 5.91 Å². The molecule has 0 radical (unpaired) electrons. The molecule has 0 aliphatic heterocycles. The molecule has 4 aromatic rings. The maximum atomic E-state index is 12.9. The molecule has 0 fully saturated rings. The Morgan fingerprint density at radius 3 is 2.31 bits per heavy atom. The van der Waals surface area contributed by atoms with Crippen molar-refractivity contribution in [1.82, 2.24) is 15.2 Å². The molecule has 0 spiro atoms. The van der Waals surface area contributed by atoms with Crippen molar-refractivity contribution in [3.05, 3.63) is 94.6 Å². The molecule has 1 amide bonds. The van der Waals surface area contributed by atoms with E-state index in [2.05, 4.69) is 20.5 Å². The zero-order valence-corrected chi connectivity index (χ0v) is 16.4. The summed E-state index contributed by atoms with van der Waals surface area (Å²) < 4.78 is 0. The van der Waals surface area contributed by atoms with E-state index in [1.54, 1.807) is 54.7 Å². The third-order valence-corrected chi connectivity index (χ3v) is 5.17. The number of aromatic nitrogens is 3. The fourth-order valence-corrected chi connectivity index (χ4v) is 3.51. The first-order valence-corrected chi connectivity index (χ1v) is 9.77. The van der Waals surface area contributed by atoms with Crippen molar-refractivity contribution in [2.24, 2.45) is 0 Å². The van der Waals surface area contributed by atoms with E-state index in [0.29, 0.717) is 32.0 Å². The lowest BCUT2D eigenvalue weighted by Crippen LogP contribution is -2.16. The fraction of sp³-hybridized carbons (Fsp3) is 0. The van der Waals surface area contributed by atoms with Crippen molar-refractivity contribution in [2.45, 2.75) is 0 Å². The summed E-state index contributed by atoms with van der Waals surface area (Å²) in [5.41, 5.74) is 1.66. The van der Waals surface area contributed by atoms with Gasteiger partial charge in [-0.15, -0.1) is 10.2 Å². The van der Waals surface area contributed by atoms with Crippen molar-refractivity contribution >= 4 is 39.8 Å². The van der Waals surface area contributed by atoms with Gasteiger partial charge in [0.15, 0.2) is 10.8 Å². The number of anilines is 1. The zero-order valence-electron chi connectivity index (χ0n) is 14.9. The van der Waals surface area contributed by atoms with Crippen LogP contribution < -0.4 is 5.32 Å². The van der Waals surface area contributed by atoms with Gasteiger partial charge in [-0.3, -0.25) is 19.9 Å². The quantitative estimate of drug-likeness (QED) is 0.471. The lowest BCUT2D eigenvalue weighted by atomic mass is 9.98. The molecule has 2 aromatic carbocycles. The summed E-state index contributed by atoms with van der Waals surface area (Å²) >= 11 is 7.09. The first kappa shape index (κ1) is 18.9. The lowest BCUT2D eigenvalue weighted by Gasteiger charge is -2.08.